The van der Waals surface area contributed by atoms with Crippen LogP contribution in [0.1, 0.15) is 68.0 Å². The van der Waals surface area contributed by atoms with Gasteiger partial charge in [-0.2, -0.15) is 5.26 Å². The number of thiazole rings is 3. The topological polar surface area (TPSA) is 334 Å². The van der Waals surface area contributed by atoms with Gasteiger partial charge in [-0.05, 0) is 18.2 Å². The van der Waals surface area contributed by atoms with Crippen LogP contribution in [0.3, 0.4) is 0 Å². The van der Waals surface area contributed by atoms with Crippen LogP contribution < -0.4 is 5.73 Å². The van der Waals surface area contributed by atoms with E-state index in [9.17, 15) is 28.8 Å². The maximum Gasteiger partial charge on any atom is 0.360 e. The predicted octanol–water partition coefficient (Wildman–Crippen LogP) is 7.10. The van der Waals surface area contributed by atoms with Crippen LogP contribution in [-0.4, -0.2) is 128 Å². The molecule has 10 aromatic rings. The Morgan fingerprint density at radius 2 is 1.18 bits per heavy atom. The van der Waals surface area contributed by atoms with Gasteiger partial charge in [0.05, 0.1) is 44.6 Å². The molecule has 0 saturated carbocycles. The van der Waals surface area contributed by atoms with Crippen LogP contribution in [0.15, 0.2) is 123 Å². The number of esters is 3. The van der Waals surface area contributed by atoms with E-state index in [0.29, 0.717) is 43.1 Å². The summed E-state index contributed by atoms with van der Waals surface area (Å²) in [4.78, 5) is 101. The average Bonchev–Trinajstić information content (AvgIpc) is 4.35. The summed E-state index contributed by atoms with van der Waals surface area (Å²) < 4.78 is 24.1. The highest BCUT2D eigenvalue weighted by Gasteiger charge is 2.29. The number of hydrogen-bond acceptors (Lipinski definition) is 22. The zero-order chi connectivity index (χ0) is 53.9. The molecule has 0 saturated heterocycles. The molecule has 0 bridgehead atoms. The number of rotatable bonds is 12. The fraction of sp³-hybridized carbons (Fsp3) is 0.137. The Balaban J connectivity index is 0.000000157. The van der Waals surface area contributed by atoms with Gasteiger partial charge in [-0.15, -0.1) is 46.4 Å². The lowest BCUT2D eigenvalue weighted by Crippen LogP contribution is -2.34. The Morgan fingerprint density at radius 1 is 0.701 bits per heavy atom. The largest absolute Gasteiger partial charge is 0.473 e. The van der Waals surface area contributed by atoms with E-state index in [-0.39, 0.29) is 66.1 Å². The van der Waals surface area contributed by atoms with Crippen LogP contribution >= 0.6 is 46.4 Å². The van der Waals surface area contributed by atoms with E-state index in [0.717, 1.165) is 32.7 Å². The number of oxazole rings is 1. The number of carbonyl (C=O) groups is 6. The molecule has 392 valence electrons. The lowest BCUT2D eigenvalue weighted by Gasteiger charge is -2.02. The van der Waals surface area contributed by atoms with Crippen molar-refractivity contribution in [2.75, 3.05) is 34.5 Å². The molecule has 11 rings (SSSR count). The van der Waals surface area contributed by atoms with Gasteiger partial charge in [-0.25, -0.2) is 34.5 Å². The SMILES string of the molecule is COC(=O)[C@@H](N)CO.COC(=O)[C@@H]1COC(c2csc(C(=O)c3c[nH]c4ccccc34)n2)=N1.COC(=O)c1coc(-c2csc(C(=O)c3c[nH]c4ccccc34)n2)n1.Cl.N#Cc1csc(C(=O)c2c[nH]c3ccccc23)n1. The summed E-state index contributed by atoms with van der Waals surface area (Å²) in [5, 5.41) is 25.4. The molecule has 22 nitrogen and oxygen atoms in total. The molecule has 0 unspecified atom stereocenters. The summed E-state index contributed by atoms with van der Waals surface area (Å²) in [6.45, 7) is -0.252. The van der Waals surface area contributed by atoms with Crippen molar-refractivity contribution in [3.05, 3.63) is 163 Å². The zero-order valence-corrected chi connectivity index (χ0v) is 43.6. The van der Waals surface area contributed by atoms with E-state index in [2.05, 4.69) is 54.1 Å². The molecular weight excluding hydrogens is 1080 g/mol. The van der Waals surface area contributed by atoms with Crippen molar-refractivity contribution in [3.8, 4) is 17.7 Å². The second-order valence-corrected chi connectivity index (χ2v) is 18.2. The number of hydrogen-bond donors (Lipinski definition) is 5. The molecule has 6 N–H and O–H groups in total. The summed E-state index contributed by atoms with van der Waals surface area (Å²) in [6.07, 6.45) is 6.24. The van der Waals surface area contributed by atoms with Crippen molar-refractivity contribution >= 4 is 120 Å². The summed E-state index contributed by atoms with van der Waals surface area (Å²) in [6, 6.07) is 23.1. The Kier molecular flexibility index (Phi) is 18.4. The number of H-pyrrole nitrogens is 3. The number of nitrogens with zero attached hydrogens (tertiary/aromatic N) is 6. The molecule has 1 aliphatic rings. The molecule has 2 atom stereocenters. The Labute approximate surface area is 453 Å². The molecule has 1 aliphatic heterocycles. The maximum absolute atomic E-state index is 12.7. The highest BCUT2D eigenvalue weighted by Crippen LogP contribution is 2.28. The molecular formula is C51H41ClN10O12S3. The monoisotopic (exact) mass is 1120 g/mol. The number of fused-ring (bicyclic) bond motifs is 3. The van der Waals surface area contributed by atoms with Crippen LogP contribution in [0.5, 0.6) is 0 Å². The number of carbonyl (C=O) groups excluding carboxylic acids is 6. The lowest BCUT2D eigenvalue weighted by molar-refractivity contribution is -0.143. The third-order valence-corrected chi connectivity index (χ3v) is 13.4. The molecule has 8 heterocycles. The number of aliphatic hydroxyl groups is 1. The van der Waals surface area contributed by atoms with Crippen LogP contribution in [0.25, 0.3) is 44.3 Å². The molecule has 0 fully saturated rings. The fourth-order valence-corrected chi connectivity index (χ4v) is 9.28. The molecule has 26 heteroatoms. The fourth-order valence-electron chi connectivity index (χ4n) is 7.09. The van der Waals surface area contributed by atoms with Gasteiger partial charge in [0.15, 0.2) is 32.5 Å². The molecule has 0 aliphatic carbocycles. The van der Waals surface area contributed by atoms with Gasteiger partial charge in [-0.3, -0.25) is 19.2 Å². The number of aromatic amines is 3. The van der Waals surface area contributed by atoms with Crippen molar-refractivity contribution in [1.29, 1.82) is 5.26 Å². The molecule has 7 aromatic heterocycles. The number of halogens is 1. The first-order valence-corrected chi connectivity index (χ1v) is 24.9. The normalized spacial score (nSPS) is 12.7. The van der Waals surface area contributed by atoms with E-state index in [1.54, 1.807) is 34.7 Å². The lowest BCUT2D eigenvalue weighted by atomic mass is 10.1. The number of nitriles is 1. The summed E-state index contributed by atoms with van der Waals surface area (Å²) in [5.74, 6) is -1.74. The molecule has 3 aromatic carbocycles. The Morgan fingerprint density at radius 3 is 1.64 bits per heavy atom. The Bertz CT molecular complexity index is 3840. The minimum absolute atomic E-state index is 0. The van der Waals surface area contributed by atoms with E-state index in [4.69, 9.17) is 25.3 Å². The van der Waals surface area contributed by atoms with Crippen molar-refractivity contribution in [2.45, 2.75) is 12.1 Å². The van der Waals surface area contributed by atoms with Gasteiger partial charge in [0.25, 0.3) is 0 Å². The number of ether oxygens (including phenoxy) is 4. The third kappa shape index (κ3) is 12.6. The number of aromatic nitrogens is 7. The second kappa shape index (κ2) is 25.5. The molecule has 0 spiro atoms. The highest BCUT2D eigenvalue weighted by atomic mass is 35.5. The highest BCUT2D eigenvalue weighted by molar-refractivity contribution is 7.12. The predicted molar refractivity (Wildman–Crippen MR) is 286 cm³/mol. The average molecular weight is 1120 g/mol. The quantitative estimate of drug-likeness (QED) is 0.0462. The van der Waals surface area contributed by atoms with Crippen molar-refractivity contribution in [1.82, 2.24) is 34.9 Å². The summed E-state index contributed by atoms with van der Waals surface area (Å²) in [5.41, 5.74) is 10.6. The molecule has 77 heavy (non-hydrogen) atoms. The number of methoxy groups -OCH3 is 3. The van der Waals surface area contributed by atoms with E-state index < -0.39 is 30.0 Å². The number of para-hydroxylation sites is 3. The van der Waals surface area contributed by atoms with Gasteiger partial charge in [0.1, 0.15) is 36.4 Å². The minimum atomic E-state index is -0.889. The first-order chi connectivity index (χ1) is 36.8. The first kappa shape index (κ1) is 55.7. The summed E-state index contributed by atoms with van der Waals surface area (Å²) >= 11 is 3.60. The van der Waals surface area contributed by atoms with Gasteiger partial charge in [-0.1, -0.05) is 54.6 Å². The Hall–Kier alpha value is -9.03. The minimum Gasteiger partial charge on any atom is -0.473 e. The number of nitrogens with two attached hydrogens (primary N) is 1. The smallest absolute Gasteiger partial charge is 0.360 e. The number of benzene rings is 3. The van der Waals surface area contributed by atoms with Crippen LogP contribution in [0.4, 0.5) is 0 Å². The number of nitrogens with one attached hydrogen (secondary N) is 3. The first-order valence-electron chi connectivity index (χ1n) is 22.2. The zero-order valence-electron chi connectivity index (χ0n) is 40.4. The standard InChI is InChI=1S/C17H13N3O4S.C17H11N3O4S.C13H7N3OS.C4H9NO3.ClH/c2*1-23-17(22)12-7-24-15(19-12)13-8-25-16(20-13)14(21)10-6-18-11-5-3-2-4-9(10)11;14-5-8-7-18-13(16-8)12(17)10-6-15-11-4-2-1-3-9(10)11;1-8-4(7)3(5)2-6;/h2-6,8,12,18H,7H2,1H3;2-8,18H,1H3;1-4,6-7,15H;3,6H,2,5H2,1H3;1H/t12-;;;3-;/m0..0./s1. The third-order valence-electron chi connectivity index (χ3n) is 10.9. The number of ketones is 3. The van der Waals surface area contributed by atoms with Crippen LogP contribution in [0.2, 0.25) is 0 Å². The summed E-state index contributed by atoms with van der Waals surface area (Å²) in [7, 11) is 3.78. The van der Waals surface area contributed by atoms with Gasteiger partial charge >= 0.3 is 17.9 Å². The maximum atomic E-state index is 12.7. The van der Waals surface area contributed by atoms with E-state index in [1.165, 1.54) is 61.6 Å². The van der Waals surface area contributed by atoms with Crippen LogP contribution in [0, 0.1) is 11.3 Å². The second-order valence-electron chi connectivity index (χ2n) is 15.6. The van der Waals surface area contributed by atoms with Gasteiger partial charge < -0.3 is 49.2 Å². The number of aliphatic imine (C=N–C) groups is 1. The van der Waals surface area contributed by atoms with Gasteiger partial charge in [0.2, 0.25) is 29.1 Å². The van der Waals surface area contributed by atoms with Crippen molar-refractivity contribution < 1.29 is 57.2 Å². The van der Waals surface area contributed by atoms with Crippen molar-refractivity contribution in [2.24, 2.45) is 10.7 Å². The number of aliphatic hydroxyl groups excluding tert-OH is 1. The van der Waals surface area contributed by atoms with E-state index >= 15 is 0 Å². The van der Waals surface area contributed by atoms with Gasteiger partial charge in [0, 0.05) is 67.4 Å². The molecule has 0 radical (unpaired) electrons. The van der Waals surface area contributed by atoms with Crippen LogP contribution in [-0.2, 0) is 28.5 Å². The van der Waals surface area contributed by atoms with E-state index in [1.807, 2.05) is 78.9 Å². The van der Waals surface area contributed by atoms with Crippen molar-refractivity contribution in [3.63, 3.8) is 0 Å². The molecule has 0 amide bonds.